The van der Waals surface area contributed by atoms with E-state index in [-0.39, 0.29) is 0 Å². The topological polar surface area (TPSA) is 59.1 Å². The number of nitrogens with zero attached hydrogens (tertiary/aromatic N) is 2. The molecule has 0 rings (SSSR count). The van der Waals surface area contributed by atoms with Gasteiger partial charge in [-0.2, -0.15) is 9.35 Å². The standard InChI is InChI=1S/C5H13NO2S.C4H11NO2S.C3H8/c1-6(2)4-5-8-9(3)7;1-4-5(2)7-8(3)6;1-3-2/h4-5H2,1-3H3;4H2,1-3H3;3H2,1-2H3. The summed E-state index contributed by atoms with van der Waals surface area (Å²) in [7, 11) is 5.63. The van der Waals surface area contributed by atoms with Gasteiger partial charge in [-0.1, -0.05) is 27.2 Å². The highest BCUT2D eigenvalue weighted by atomic mass is 32.2. The minimum atomic E-state index is -1.17. The van der Waals surface area contributed by atoms with Gasteiger partial charge in [-0.15, -0.1) is 0 Å². The van der Waals surface area contributed by atoms with Gasteiger partial charge in [-0.3, -0.25) is 4.18 Å². The average molecular weight is 333 g/mol. The van der Waals surface area contributed by atoms with Crippen molar-refractivity contribution in [2.75, 3.05) is 53.4 Å². The van der Waals surface area contributed by atoms with Crippen LogP contribution in [0.4, 0.5) is 0 Å². The van der Waals surface area contributed by atoms with Gasteiger partial charge in [-0.05, 0) is 14.1 Å². The maximum Gasteiger partial charge on any atom is 0.170 e. The van der Waals surface area contributed by atoms with Crippen molar-refractivity contribution in [3.8, 4) is 0 Å². The van der Waals surface area contributed by atoms with Crippen LogP contribution in [-0.4, -0.2) is 71.7 Å². The molecular formula is C12H32N2O4S2. The lowest BCUT2D eigenvalue weighted by Gasteiger charge is -2.08. The summed E-state index contributed by atoms with van der Waals surface area (Å²) >= 11 is -2.28. The molecular weight excluding hydrogens is 300 g/mol. The predicted molar refractivity (Wildman–Crippen MR) is 88.0 cm³/mol. The zero-order valence-electron chi connectivity index (χ0n) is 14.2. The first-order valence-electron chi connectivity index (χ1n) is 6.55. The molecule has 2 unspecified atom stereocenters. The summed E-state index contributed by atoms with van der Waals surface area (Å²) in [6, 6.07) is 0. The van der Waals surface area contributed by atoms with E-state index in [9.17, 15) is 8.42 Å². The van der Waals surface area contributed by atoms with E-state index in [1.807, 2.05) is 25.9 Å². The van der Waals surface area contributed by atoms with Crippen LogP contribution in [0.1, 0.15) is 27.2 Å². The molecule has 0 aliphatic carbocycles. The molecule has 0 spiro atoms. The molecule has 0 fully saturated rings. The Hall–Kier alpha value is 0.140. The largest absolute Gasteiger partial charge is 0.307 e. The second-order valence-electron chi connectivity index (χ2n) is 4.15. The minimum absolute atomic E-state index is 0.538. The van der Waals surface area contributed by atoms with E-state index in [2.05, 4.69) is 13.8 Å². The van der Waals surface area contributed by atoms with Crippen molar-refractivity contribution in [3.05, 3.63) is 0 Å². The van der Waals surface area contributed by atoms with Crippen LogP contribution < -0.4 is 0 Å². The minimum Gasteiger partial charge on any atom is -0.307 e. The normalized spacial score (nSPS) is 13.1. The average Bonchev–Trinajstić information content (AvgIpc) is 2.28. The van der Waals surface area contributed by atoms with Crippen LogP contribution >= 0.6 is 0 Å². The van der Waals surface area contributed by atoms with Gasteiger partial charge in [0.25, 0.3) is 0 Å². The highest BCUT2D eigenvalue weighted by Crippen LogP contribution is 1.85. The monoisotopic (exact) mass is 332 g/mol. The summed E-state index contributed by atoms with van der Waals surface area (Å²) in [4.78, 5) is 1.98. The molecule has 2 atom stereocenters. The van der Waals surface area contributed by atoms with Gasteiger partial charge in [0.1, 0.15) is 0 Å². The molecule has 126 valence electrons. The van der Waals surface area contributed by atoms with Crippen LogP contribution in [0.2, 0.25) is 0 Å². The Labute approximate surface area is 130 Å². The summed E-state index contributed by atoms with van der Waals surface area (Å²) in [5.41, 5.74) is 0. The number of hydrogen-bond acceptors (Lipinski definition) is 6. The zero-order chi connectivity index (χ0) is 16.6. The smallest absolute Gasteiger partial charge is 0.170 e. The number of likely N-dealkylation sites (N-methyl/N-ethyl adjacent to an activating group) is 1. The molecule has 0 saturated carbocycles. The van der Waals surface area contributed by atoms with Crippen LogP contribution in [0.3, 0.4) is 0 Å². The zero-order valence-corrected chi connectivity index (χ0v) is 15.8. The van der Waals surface area contributed by atoms with Crippen LogP contribution in [0.25, 0.3) is 0 Å². The molecule has 0 aromatic rings. The van der Waals surface area contributed by atoms with E-state index in [0.717, 1.165) is 13.1 Å². The molecule has 0 heterocycles. The summed E-state index contributed by atoms with van der Waals surface area (Å²) in [5.74, 6) is 0. The highest BCUT2D eigenvalue weighted by molar-refractivity contribution is 7.79. The fraction of sp³-hybridized carbons (Fsp3) is 1.00. The summed E-state index contributed by atoms with van der Waals surface area (Å²) < 4.78 is 30.0. The van der Waals surface area contributed by atoms with Gasteiger partial charge in [0.15, 0.2) is 22.2 Å². The van der Waals surface area contributed by atoms with Crippen molar-refractivity contribution in [2.45, 2.75) is 27.2 Å². The van der Waals surface area contributed by atoms with E-state index >= 15 is 0 Å². The fourth-order valence-corrected chi connectivity index (χ4v) is 1.34. The lowest BCUT2D eigenvalue weighted by atomic mass is 10.6. The lowest BCUT2D eigenvalue weighted by Crippen LogP contribution is -2.18. The van der Waals surface area contributed by atoms with E-state index in [0.29, 0.717) is 6.61 Å². The molecule has 0 aliphatic rings. The molecule has 0 bridgehead atoms. The van der Waals surface area contributed by atoms with Gasteiger partial charge in [0.05, 0.1) is 6.61 Å². The molecule has 20 heavy (non-hydrogen) atoms. The van der Waals surface area contributed by atoms with E-state index < -0.39 is 22.2 Å². The Kier molecular flexibility index (Phi) is 24.0. The van der Waals surface area contributed by atoms with Crippen molar-refractivity contribution in [3.63, 3.8) is 0 Å². The molecule has 0 amide bonds. The number of hydrogen-bond donors (Lipinski definition) is 0. The fourth-order valence-electron chi connectivity index (χ4n) is 0.569. The molecule has 0 radical (unpaired) electrons. The van der Waals surface area contributed by atoms with E-state index in [4.69, 9.17) is 8.47 Å². The highest BCUT2D eigenvalue weighted by Gasteiger charge is 1.94. The van der Waals surface area contributed by atoms with E-state index in [1.165, 1.54) is 24.0 Å². The van der Waals surface area contributed by atoms with Crippen LogP contribution in [0.15, 0.2) is 0 Å². The third-order valence-corrected chi connectivity index (χ3v) is 2.43. The molecule has 6 nitrogen and oxygen atoms in total. The maximum absolute atomic E-state index is 10.3. The first kappa shape index (κ1) is 25.1. The first-order chi connectivity index (χ1) is 9.20. The Bertz CT molecular complexity index is 241. The summed E-state index contributed by atoms with van der Waals surface area (Å²) in [5, 5.41) is 1.52. The summed E-state index contributed by atoms with van der Waals surface area (Å²) in [6.07, 6.45) is 4.27. The van der Waals surface area contributed by atoms with Gasteiger partial charge >= 0.3 is 0 Å². The number of hydroxylamine groups is 2. The number of rotatable bonds is 7. The van der Waals surface area contributed by atoms with Crippen LogP contribution in [-0.2, 0) is 30.6 Å². The van der Waals surface area contributed by atoms with Crippen molar-refractivity contribution in [2.24, 2.45) is 0 Å². The molecule has 8 heteroatoms. The predicted octanol–water partition coefficient (Wildman–Crippen LogP) is 1.44. The van der Waals surface area contributed by atoms with Crippen molar-refractivity contribution in [1.29, 1.82) is 0 Å². The second-order valence-corrected chi connectivity index (χ2v) is 6.14. The molecule has 0 saturated heterocycles. The molecule has 0 N–H and O–H groups in total. The SMILES string of the molecule is CCC.CCN(C)OS(C)=O.CN(C)CCOS(C)=O. The lowest BCUT2D eigenvalue weighted by molar-refractivity contribution is -0.00974. The Balaban J connectivity index is -0.000000243. The van der Waals surface area contributed by atoms with Gasteiger partial charge in [0.2, 0.25) is 0 Å². The summed E-state index contributed by atoms with van der Waals surface area (Å²) in [6.45, 7) is 8.28. The molecule has 0 aromatic heterocycles. The Morgan fingerprint density at radius 3 is 1.60 bits per heavy atom. The van der Waals surface area contributed by atoms with Crippen LogP contribution in [0.5, 0.6) is 0 Å². The molecule has 0 aromatic carbocycles. The second kappa shape index (κ2) is 19.1. The van der Waals surface area contributed by atoms with Gasteiger partial charge in [0, 0.05) is 32.6 Å². The third kappa shape index (κ3) is 36.2. The van der Waals surface area contributed by atoms with Gasteiger partial charge < -0.3 is 4.90 Å². The van der Waals surface area contributed by atoms with Crippen LogP contribution in [0, 0.1) is 0 Å². The molecule has 0 aliphatic heterocycles. The van der Waals surface area contributed by atoms with Crippen molar-refractivity contribution < 1.29 is 16.9 Å². The van der Waals surface area contributed by atoms with Crippen molar-refractivity contribution in [1.82, 2.24) is 9.96 Å². The van der Waals surface area contributed by atoms with Crippen molar-refractivity contribution >= 4 is 22.2 Å². The van der Waals surface area contributed by atoms with Gasteiger partial charge in [-0.25, -0.2) is 8.42 Å². The maximum atomic E-state index is 10.3. The Morgan fingerprint density at radius 1 is 0.950 bits per heavy atom. The van der Waals surface area contributed by atoms with E-state index in [1.54, 1.807) is 7.05 Å². The Morgan fingerprint density at radius 2 is 1.40 bits per heavy atom. The quantitative estimate of drug-likeness (QED) is 0.658. The third-order valence-electron chi connectivity index (χ3n) is 1.47. The first-order valence-corrected chi connectivity index (χ1v) is 9.52.